The van der Waals surface area contributed by atoms with E-state index in [1.807, 2.05) is 24.1 Å². The van der Waals surface area contributed by atoms with Gasteiger partial charge < -0.3 is 15.3 Å². The molecule has 0 atom stereocenters. The molecule has 0 bridgehead atoms. The molecule has 42 heavy (non-hydrogen) atoms. The predicted molar refractivity (Wildman–Crippen MR) is 147 cm³/mol. The molecule has 0 aliphatic rings. The highest BCUT2D eigenvalue weighted by atomic mass is 35.5. The van der Waals surface area contributed by atoms with Crippen LogP contribution < -0.4 is 10.2 Å². The molecule has 0 aliphatic heterocycles. The maximum absolute atomic E-state index is 13.2. The van der Waals surface area contributed by atoms with Crippen LogP contribution in [0.15, 0.2) is 84.9 Å². The largest absolute Gasteiger partial charge is 0.478 e. The Morgan fingerprint density at radius 1 is 0.738 bits per heavy atom. The van der Waals surface area contributed by atoms with Gasteiger partial charge in [0.05, 0.1) is 16.7 Å². The molecule has 0 spiro atoms. The number of nitrogens with zero attached hydrogens (tertiary/aromatic N) is 1. The Kier molecular flexibility index (Phi) is 8.53. The zero-order valence-electron chi connectivity index (χ0n) is 21.6. The van der Waals surface area contributed by atoms with Gasteiger partial charge in [0.15, 0.2) is 5.78 Å². The van der Waals surface area contributed by atoms with E-state index < -0.39 is 41.8 Å². The van der Waals surface area contributed by atoms with Gasteiger partial charge in [-0.2, -0.15) is 26.3 Å². The number of carboxylic acid groups (broad SMARTS) is 1. The van der Waals surface area contributed by atoms with Crippen LogP contribution in [0.5, 0.6) is 0 Å². The second kappa shape index (κ2) is 11.8. The van der Waals surface area contributed by atoms with Gasteiger partial charge in [-0.1, -0.05) is 11.6 Å². The van der Waals surface area contributed by atoms with Gasteiger partial charge in [0.2, 0.25) is 0 Å². The van der Waals surface area contributed by atoms with Crippen LogP contribution in [-0.2, 0) is 18.9 Å². The second-order valence-electron chi connectivity index (χ2n) is 9.28. The molecule has 0 aromatic heterocycles. The lowest BCUT2D eigenvalue weighted by Gasteiger charge is -2.20. The summed E-state index contributed by atoms with van der Waals surface area (Å²) >= 11 is 5.93. The lowest BCUT2D eigenvalue weighted by molar-refractivity contribution is -0.143. The molecule has 4 aromatic rings. The number of hydrogen-bond donors (Lipinski definition) is 2. The summed E-state index contributed by atoms with van der Waals surface area (Å²) in [6, 6.07) is 18.3. The van der Waals surface area contributed by atoms with Crippen LogP contribution >= 0.6 is 11.6 Å². The molecule has 2 N–H and O–H groups in total. The molecule has 0 saturated carbocycles. The lowest BCUT2D eigenvalue weighted by Crippen LogP contribution is -2.13. The van der Waals surface area contributed by atoms with Gasteiger partial charge in [0.25, 0.3) is 0 Å². The topological polar surface area (TPSA) is 69.6 Å². The predicted octanol–water partition coefficient (Wildman–Crippen LogP) is 8.69. The first-order valence-corrected chi connectivity index (χ1v) is 12.5. The molecular weight excluding hydrogens is 586 g/mol. The van der Waals surface area contributed by atoms with Crippen LogP contribution in [0.25, 0.3) is 0 Å². The van der Waals surface area contributed by atoms with E-state index in [2.05, 4.69) is 5.32 Å². The van der Waals surface area contributed by atoms with E-state index in [1.165, 1.54) is 6.07 Å². The fraction of sp³-hybridized carbons (Fsp3) is 0.133. The van der Waals surface area contributed by atoms with Crippen molar-refractivity contribution in [2.75, 3.05) is 17.3 Å². The number of carboxylic acids is 1. The van der Waals surface area contributed by atoms with Gasteiger partial charge in [0.1, 0.15) is 0 Å². The molecule has 12 heteroatoms. The standard InChI is InChI=1S/C30H21ClF6N2O3/c1-39(26-8-4-23(31)5-9-26)25-6-2-18(3-7-25)27(40)19-12-20(28(41)42)14-24(13-19)38-16-17-10-21(29(32,33)34)15-22(11-17)30(35,36)37/h2-15,38H,16H2,1H3,(H,41,42). The summed E-state index contributed by atoms with van der Waals surface area (Å²) in [6.45, 7) is -0.505. The number of anilines is 3. The normalized spacial score (nSPS) is 11.7. The molecule has 0 unspecified atom stereocenters. The smallest absolute Gasteiger partial charge is 0.416 e. The Hall–Kier alpha value is -4.51. The van der Waals surface area contributed by atoms with Gasteiger partial charge >= 0.3 is 18.3 Å². The van der Waals surface area contributed by atoms with Crippen LogP contribution in [0.1, 0.15) is 43.0 Å². The number of hydrogen-bond acceptors (Lipinski definition) is 4. The molecule has 0 fully saturated rings. The van der Waals surface area contributed by atoms with Crippen molar-refractivity contribution < 1.29 is 41.0 Å². The molecule has 218 valence electrons. The van der Waals surface area contributed by atoms with E-state index in [0.29, 0.717) is 17.2 Å². The Morgan fingerprint density at radius 3 is 1.74 bits per heavy atom. The van der Waals surface area contributed by atoms with Gasteiger partial charge in [-0.15, -0.1) is 0 Å². The summed E-state index contributed by atoms with van der Waals surface area (Å²) < 4.78 is 79.3. The quantitative estimate of drug-likeness (QED) is 0.155. The van der Waals surface area contributed by atoms with Crippen LogP contribution in [0, 0.1) is 0 Å². The lowest BCUT2D eigenvalue weighted by atomic mass is 9.99. The number of halogens is 7. The first-order valence-electron chi connectivity index (χ1n) is 12.2. The Labute approximate surface area is 241 Å². The van der Waals surface area contributed by atoms with Crippen molar-refractivity contribution in [2.45, 2.75) is 18.9 Å². The highest BCUT2D eigenvalue weighted by Crippen LogP contribution is 2.36. The first-order chi connectivity index (χ1) is 19.6. The molecule has 4 aromatic carbocycles. The van der Waals surface area contributed by atoms with Crippen LogP contribution in [0.2, 0.25) is 5.02 Å². The third-order valence-corrected chi connectivity index (χ3v) is 6.57. The minimum atomic E-state index is -5.02. The molecule has 0 amide bonds. The minimum Gasteiger partial charge on any atom is -0.478 e. The molecule has 0 radical (unpaired) electrons. The Morgan fingerprint density at radius 2 is 1.24 bits per heavy atom. The van der Waals surface area contributed by atoms with Crippen molar-refractivity contribution in [3.63, 3.8) is 0 Å². The third kappa shape index (κ3) is 7.22. The van der Waals surface area contributed by atoms with Crippen molar-refractivity contribution in [2.24, 2.45) is 0 Å². The van der Waals surface area contributed by atoms with E-state index in [-0.39, 0.29) is 34.0 Å². The van der Waals surface area contributed by atoms with Crippen molar-refractivity contribution in [3.8, 4) is 0 Å². The number of aromatic carboxylic acids is 1. The van der Waals surface area contributed by atoms with Gasteiger partial charge in [-0.3, -0.25) is 4.79 Å². The van der Waals surface area contributed by atoms with Crippen molar-refractivity contribution >= 4 is 40.4 Å². The molecule has 0 aliphatic carbocycles. The highest BCUT2D eigenvalue weighted by Gasteiger charge is 2.36. The summed E-state index contributed by atoms with van der Waals surface area (Å²) in [4.78, 5) is 26.8. The summed E-state index contributed by atoms with van der Waals surface area (Å²) in [6.07, 6.45) is -10.0. The van der Waals surface area contributed by atoms with Crippen molar-refractivity contribution in [3.05, 3.63) is 123 Å². The minimum absolute atomic E-state index is 0.0170. The average molecular weight is 607 g/mol. The van der Waals surface area contributed by atoms with Gasteiger partial charge in [-0.05, 0) is 90.5 Å². The Bertz CT molecular complexity index is 1590. The monoisotopic (exact) mass is 606 g/mol. The summed E-state index contributed by atoms with van der Waals surface area (Å²) in [5, 5.41) is 12.8. The van der Waals surface area contributed by atoms with E-state index in [1.54, 1.807) is 36.4 Å². The zero-order valence-corrected chi connectivity index (χ0v) is 22.4. The van der Waals surface area contributed by atoms with Crippen LogP contribution in [0.4, 0.5) is 43.4 Å². The van der Waals surface area contributed by atoms with Crippen molar-refractivity contribution in [1.29, 1.82) is 0 Å². The zero-order chi connectivity index (χ0) is 30.8. The molecular formula is C30H21ClF6N2O3. The maximum atomic E-state index is 13.2. The SMILES string of the molecule is CN(c1ccc(Cl)cc1)c1ccc(C(=O)c2cc(NCc3cc(C(F)(F)F)cc(C(F)(F)F)c3)cc(C(=O)O)c2)cc1. The Balaban J connectivity index is 1.59. The molecule has 0 heterocycles. The third-order valence-electron chi connectivity index (χ3n) is 6.32. The van der Waals surface area contributed by atoms with E-state index in [0.717, 1.165) is 23.5 Å². The van der Waals surface area contributed by atoms with E-state index >= 15 is 0 Å². The summed E-state index contributed by atoms with van der Waals surface area (Å²) in [5.74, 6) is -1.92. The molecule has 0 saturated heterocycles. The summed E-state index contributed by atoms with van der Waals surface area (Å²) in [5.41, 5.74) is -1.82. The second-order valence-corrected chi connectivity index (χ2v) is 9.72. The maximum Gasteiger partial charge on any atom is 0.416 e. The van der Waals surface area contributed by atoms with Gasteiger partial charge in [0, 0.05) is 46.8 Å². The van der Waals surface area contributed by atoms with Crippen LogP contribution in [0.3, 0.4) is 0 Å². The number of nitrogens with one attached hydrogen (secondary N) is 1. The number of rotatable bonds is 8. The average Bonchev–Trinajstić information content (AvgIpc) is 2.94. The van der Waals surface area contributed by atoms with Gasteiger partial charge in [-0.25, -0.2) is 4.79 Å². The molecule has 4 rings (SSSR count). The number of alkyl halides is 6. The first kappa shape index (κ1) is 30.4. The summed E-state index contributed by atoms with van der Waals surface area (Å²) in [7, 11) is 1.82. The van der Waals surface area contributed by atoms with E-state index in [4.69, 9.17) is 11.6 Å². The highest BCUT2D eigenvalue weighted by molar-refractivity contribution is 6.30. The number of carbonyl (C=O) groups excluding carboxylic acids is 1. The number of ketones is 1. The number of benzene rings is 4. The number of carbonyl (C=O) groups is 2. The van der Waals surface area contributed by atoms with Crippen molar-refractivity contribution in [1.82, 2.24) is 0 Å². The van der Waals surface area contributed by atoms with Crippen LogP contribution in [-0.4, -0.2) is 23.9 Å². The van der Waals surface area contributed by atoms with E-state index in [9.17, 15) is 41.0 Å². The molecule has 5 nitrogen and oxygen atoms in total. The fourth-order valence-electron chi connectivity index (χ4n) is 4.13. The fourth-order valence-corrected chi connectivity index (χ4v) is 4.25.